The maximum Gasteiger partial charge on any atom is 0.227 e. The minimum Gasteiger partial charge on any atom is -0.342 e. The number of amides is 2. The van der Waals surface area contributed by atoms with Crippen LogP contribution in [0.25, 0.3) is 0 Å². The second-order valence-corrected chi connectivity index (χ2v) is 7.55. The zero-order valence-electron chi connectivity index (χ0n) is 16.0. The van der Waals surface area contributed by atoms with Gasteiger partial charge in [-0.05, 0) is 30.5 Å². The Morgan fingerprint density at radius 2 is 1.89 bits per heavy atom. The summed E-state index contributed by atoms with van der Waals surface area (Å²) in [6.07, 6.45) is 2.21. The van der Waals surface area contributed by atoms with Crippen LogP contribution in [0.15, 0.2) is 24.3 Å². The molecule has 0 radical (unpaired) electrons. The van der Waals surface area contributed by atoms with Crippen molar-refractivity contribution >= 4 is 11.8 Å². The van der Waals surface area contributed by atoms with E-state index in [0.717, 1.165) is 36.6 Å². The van der Waals surface area contributed by atoms with Gasteiger partial charge in [0.1, 0.15) is 11.6 Å². The molecule has 0 unspecified atom stereocenters. The highest BCUT2D eigenvalue weighted by atomic mass is 19.1. The number of fused-ring (bicyclic) bond motifs is 1. The number of nitrogens with zero attached hydrogens (tertiary/aromatic N) is 5. The Balaban J connectivity index is 1.43. The molecule has 1 saturated heterocycles. The first kappa shape index (κ1) is 18.6. The summed E-state index contributed by atoms with van der Waals surface area (Å²) in [7, 11) is 0. The Bertz CT molecular complexity index is 879. The molecule has 1 fully saturated rings. The van der Waals surface area contributed by atoms with Crippen molar-refractivity contribution < 1.29 is 14.0 Å². The summed E-state index contributed by atoms with van der Waals surface area (Å²) in [6.45, 7) is 4.77. The molecule has 0 aliphatic carbocycles. The highest BCUT2D eigenvalue weighted by Crippen LogP contribution is 2.27. The number of aromatic nitrogens is 3. The summed E-state index contributed by atoms with van der Waals surface area (Å²) in [5, 5.41) is 8.72. The molecule has 2 aliphatic heterocycles. The summed E-state index contributed by atoms with van der Waals surface area (Å²) in [6, 6.07) is 6.02. The molecule has 28 heavy (non-hydrogen) atoms. The summed E-state index contributed by atoms with van der Waals surface area (Å²) in [5.74, 6) is 1.70. The predicted octanol–water partition coefficient (Wildman–Crippen LogP) is 1.73. The Morgan fingerprint density at radius 1 is 1.11 bits per heavy atom. The molecule has 2 aromatic rings. The van der Waals surface area contributed by atoms with E-state index in [2.05, 4.69) is 14.8 Å². The third-order valence-electron chi connectivity index (χ3n) is 5.63. The summed E-state index contributed by atoms with van der Waals surface area (Å²) in [5.41, 5.74) is 0.797. The van der Waals surface area contributed by atoms with Crippen molar-refractivity contribution in [2.24, 2.45) is 0 Å². The molecule has 2 amide bonds. The molecular formula is C20H24FN5O2. The smallest absolute Gasteiger partial charge is 0.227 e. The van der Waals surface area contributed by atoms with Crippen molar-refractivity contribution in [2.75, 3.05) is 19.6 Å². The second kappa shape index (κ2) is 7.69. The van der Waals surface area contributed by atoms with Gasteiger partial charge in [0.05, 0.1) is 13.0 Å². The number of benzene rings is 1. The lowest BCUT2D eigenvalue weighted by Crippen LogP contribution is -2.41. The highest BCUT2D eigenvalue weighted by molar-refractivity contribution is 5.78. The van der Waals surface area contributed by atoms with Gasteiger partial charge in [-0.1, -0.05) is 12.1 Å². The summed E-state index contributed by atoms with van der Waals surface area (Å²) in [4.78, 5) is 28.0. The van der Waals surface area contributed by atoms with E-state index in [0.29, 0.717) is 26.2 Å². The van der Waals surface area contributed by atoms with Crippen LogP contribution < -0.4 is 0 Å². The fraction of sp³-hybridized carbons (Fsp3) is 0.500. The lowest BCUT2D eigenvalue weighted by molar-refractivity contribution is -0.132. The van der Waals surface area contributed by atoms with Crippen molar-refractivity contribution in [2.45, 2.75) is 45.2 Å². The van der Waals surface area contributed by atoms with Crippen LogP contribution in [0.5, 0.6) is 0 Å². The molecule has 7 nitrogen and oxygen atoms in total. The van der Waals surface area contributed by atoms with Crippen LogP contribution in [-0.4, -0.2) is 56.0 Å². The van der Waals surface area contributed by atoms with Crippen LogP contribution in [0, 0.1) is 5.82 Å². The average Bonchev–Trinajstić information content (AvgIpc) is 3.13. The lowest BCUT2D eigenvalue weighted by Gasteiger charge is -2.33. The second-order valence-electron chi connectivity index (χ2n) is 7.55. The first-order chi connectivity index (χ1) is 13.5. The Morgan fingerprint density at radius 3 is 2.64 bits per heavy atom. The van der Waals surface area contributed by atoms with Crippen molar-refractivity contribution in [3.8, 4) is 0 Å². The van der Waals surface area contributed by atoms with E-state index < -0.39 is 0 Å². The van der Waals surface area contributed by atoms with Crippen LogP contribution in [0.2, 0.25) is 0 Å². The van der Waals surface area contributed by atoms with Gasteiger partial charge in [-0.15, -0.1) is 10.2 Å². The first-order valence-corrected chi connectivity index (χ1v) is 9.71. The third-order valence-corrected chi connectivity index (χ3v) is 5.63. The molecule has 3 heterocycles. The van der Waals surface area contributed by atoms with Crippen molar-refractivity contribution in [3.05, 3.63) is 47.3 Å². The van der Waals surface area contributed by atoms with E-state index >= 15 is 0 Å². The average molecular weight is 385 g/mol. The predicted molar refractivity (Wildman–Crippen MR) is 99.8 cm³/mol. The van der Waals surface area contributed by atoms with Crippen LogP contribution in [0.3, 0.4) is 0 Å². The topological polar surface area (TPSA) is 71.3 Å². The van der Waals surface area contributed by atoms with Gasteiger partial charge in [0.15, 0.2) is 5.82 Å². The maximum atomic E-state index is 13.0. The zero-order chi connectivity index (χ0) is 19.7. The number of likely N-dealkylation sites (tertiary alicyclic amines) is 1. The van der Waals surface area contributed by atoms with Crippen LogP contribution in [0.1, 0.15) is 42.9 Å². The van der Waals surface area contributed by atoms with E-state index in [9.17, 15) is 14.0 Å². The monoisotopic (exact) mass is 385 g/mol. The fourth-order valence-electron chi connectivity index (χ4n) is 4.06. The van der Waals surface area contributed by atoms with Crippen LogP contribution >= 0.6 is 0 Å². The molecule has 0 saturated carbocycles. The lowest BCUT2D eigenvalue weighted by atomic mass is 9.97. The van der Waals surface area contributed by atoms with Gasteiger partial charge in [-0.2, -0.15) is 0 Å². The number of hydrogen-bond donors (Lipinski definition) is 0. The maximum absolute atomic E-state index is 13.0. The number of hydrogen-bond acceptors (Lipinski definition) is 4. The SMILES string of the molecule is CC(=O)N1CCC[C@H](c2nnc3n2CCN(C(=O)Cc2ccc(F)cc2)C3)C1. The molecular weight excluding hydrogens is 361 g/mol. The molecule has 2 aliphatic rings. The standard InChI is InChI=1S/C20H24FN5O2/c1-14(27)24-8-2-3-16(12-24)20-23-22-18-13-25(9-10-26(18)20)19(28)11-15-4-6-17(21)7-5-15/h4-7,16H,2-3,8-13H2,1H3/t16-/m0/s1. The molecule has 1 aromatic carbocycles. The number of halogens is 1. The van der Waals surface area contributed by atoms with Crippen LogP contribution in [0.4, 0.5) is 4.39 Å². The Hall–Kier alpha value is -2.77. The molecule has 8 heteroatoms. The van der Waals surface area contributed by atoms with E-state index in [1.165, 1.54) is 12.1 Å². The number of rotatable bonds is 3. The van der Waals surface area contributed by atoms with Gasteiger partial charge in [-0.25, -0.2) is 4.39 Å². The molecule has 0 bridgehead atoms. The van der Waals surface area contributed by atoms with Gasteiger partial charge >= 0.3 is 0 Å². The van der Waals surface area contributed by atoms with Gasteiger partial charge < -0.3 is 14.4 Å². The van der Waals surface area contributed by atoms with Crippen molar-refractivity contribution in [3.63, 3.8) is 0 Å². The number of carbonyl (C=O) groups is 2. The van der Waals surface area contributed by atoms with Gasteiger partial charge in [-0.3, -0.25) is 9.59 Å². The van der Waals surface area contributed by atoms with E-state index in [-0.39, 0.29) is 30.0 Å². The number of piperidine rings is 1. The molecule has 1 aromatic heterocycles. The minimum atomic E-state index is -0.305. The largest absolute Gasteiger partial charge is 0.342 e. The zero-order valence-corrected chi connectivity index (χ0v) is 16.0. The normalized spacial score (nSPS) is 19.4. The highest BCUT2D eigenvalue weighted by Gasteiger charge is 2.30. The third kappa shape index (κ3) is 3.76. The van der Waals surface area contributed by atoms with Crippen molar-refractivity contribution in [1.82, 2.24) is 24.6 Å². The molecule has 148 valence electrons. The molecule has 1 atom stereocenters. The molecule has 4 rings (SSSR count). The van der Waals surface area contributed by atoms with Gasteiger partial charge in [0.2, 0.25) is 11.8 Å². The van der Waals surface area contributed by atoms with E-state index in [4.69, 9.17) is 0 Å². The van der Waals surface area contributed by atoms with Crippen LogP contribution in [-0.2, 0) is 29.1 Å². The van der Waals surface area contributed by atoms with E-state index in [1.807, 2.05) is 4.90 Å². The molecule has 0 spiro atoms. The van der Waals surface area contributed by atoms with Gasteiger partial charge in [0.25, 0.3) is 0 Å². The fourth-order valence-corrected chi connectivity index (χ4v) is 4.06. The summed E-state index contributed by atoms with van der Waals surface area (Å²) >= 11 is 0. The summed E-state index contributed by atoms with van der Waals surface area (Å²) < 4.78 is 15.1. The first-order valence-electron chi connectivity index (χ1n) is 9.71. The van der Waals surface area contributed by atoms with Gasteiger partial charge in [0, 0.05) is 39.0 Å². The number of carbonyl (C=O) groups excluding carboxylic acids is 2. The Labute approximate surface area is 163 Å². The minimum absolute atomic E-state index is 0.00262. The van der Waals surface area contributed by atoms with Crippen molar-refractivity contribution in [1.29, 1.82) is 0 Å². The molecule has 0 N–H and O–H groups in total. The van der Waals surface area contributed by atoms with E-state index in [1.54, 1.807) is 24.0 Å². The Kier molecular flexibility index (Phi) is 5.11. The quantitative estimate of drug-likeness (QED) is 0.807.